The molecule has 0 fully saturated rings. The Morgan fingerprint density at radius 2 is 1.45 bits per heavy atom. The van der Waals surface area contributed by atoms with E-state index in [4.69, 9.17) is 18.9 Å². The maximum atomic E-state index is 5.54. The van der Waals surface area contributed by atoms with E-state index in [1.165, 1.54) is 38.5 Å². The third-order valence-corrected chi connectivity index (χ3v) is 3.31. The van der Waals surface area contributed by atoms with Gasteiger partial charge in [-0.2, -0.15) is 0 Å². The minimum absolute atomic E-state index is 0.00161. The Balaban J connectivity index is 3.26. The van der Waals surface area contributed by atoms with Crippen molar-refractivity contribution in [2.45, 2.75) is 71.5 Å². The molecular formula is C18H36O4. The molecule has 0 aromatic carbocycles. The molecule has 4 heteroatoms. The van der Waals surface area contributed by atoms with Crippen molar-refractivity contribution in [3.63, 3.8) is 0 Å². The van der Waals surface area contributed by atoms with Crippen LogP contribution in [0, 0.1) is 0 Å². The summed E-state index contributed by atoms with van der Waals surface area (Å²) in [7, 11) is 1.64. The van der Waals surface area contributed by atoms with E-state index in [0.29, 0.717) is 6.79 Å². The lowest BCUT2D eigenvalue weighted by Gasteiger charge is -2.16. The fraction of sp³-hybridized carbons (Fsp3) is 0.889. The first-order valence-corrected chi connectivity index (χ1v) is 8.80. The number of rotatable bonds is 17. The fourth-order valence-electron chi connectivity index (χ4n) is 2.22. The molecule has 0 aliphatic carbocycles. The van der Waals surface area contributed by atoms with Gasteiger partial charge in [-0.3, -0.25) is 0 Å². The van der Waals surface area contributed by atoms with Crippen LogP contribution in [0.25, 0.3) is 0 Å². The smallest absolute Gasteiger partial charge is 0.157 e. The Kier molecular flexibility index (Phi) is 18.3. The van der Waals surface area contributed by atoms with Crippen LogP contribution in [0.4, 0.5) is 0 Å². The van der Waals surface area contributed by atoms with Gasteiger partial charge in [0.25, 0.3) is 0 Å². The topological polar surface area (TPSA) is 36.9 Å². The van der Waals surface area contributed by atoms with Crippen LogP contribution in [0.1, 0.15) is 65.2 Å². The summed E-state index contributed by atoms with van der Waals surface area (Å²) in [6.45, 7) is 6.62. The molecule has 0 bridgehead atoms. The van der Waals surface area contributed by atoms with Crippen LogP contribution < -0.4 is 0 Å². The SMILES string of the molecule is CCOC(CCCCCCC/C=C\CCOCOC)OCC. The zero-order valence-electron chi connectivity index (χ0n) is 14.9. The Morgan fingerprint density at radius 1 is 0.818 bits per heavy atom. The molecule has 0 radical (unpaired) electrons. The summed E-state index contributed by atoms with van der Waals surface area (Å²) >= 11 is 0. The van der Waals surface area contributed by atoms with Crippen LogP contribution in [0.2, 0.25) is 0 Å². The molecule has 0 aromatic rings. The van der Waals surface area contributed by atoms with Gasteiger partial charge in [0.2, 0.25) is 0 Å². The van der Waals surface area contributed by atoms with E-state index in [2.05, 4.69) is 12.2 Å². The van der Waals surface area contributed by atoms with Crippen LogP contribution in [0.5, 0.6) is 0 Å². The van der Waals surface area contributed by atoms with Gasteiger partial charge < -0.3 is 18.9 Å². The predicted octanol–water partition coefficient (Wildman–Crippen LogP) is 4.68. The molecule has 0 saturated carbocycles. The number of methoxy groups -OCH3 is 1. The first kappa shape index (κ1) is 21.6. The molecule has 0 unspecified atom stereocenters. The summed E-state index contributed by atoms with van der Waals surface area (Å²) in [6.07, 6.45) is 14.0. The molecule has 0 N–H and O–H groups in total. The lowest BCUT2D eigenvalue weighted by atomic mass is 10.1. The number of allylic oxidation sites excluding steroid dienone is 1. The van der Waals surface area contributed by atoms with E-state index in [1.807, 2.05) is 13.8 Å². The number of unbranched alkanes of at least 4 members (excludes halogenated alkanes) is 5. The van der Waals surface area contributed by atoms with E-state index in [-0.39, 0.29) is 6.29 Å². The second kappa shape index (κ2) is 18.6. The quantitative estimate of drug-likeness (QED) is 0.222. The minimum Gasteiger partial charge on any atom is -0.359 e. The van der Waals surface area contributed by atoms with Crippen molar-refractivity contribution in [3.05, 3.63) is 12.2 Å². The van der Waals surface area contributed by atoms with E-state index < -0.39 is 0 Å². The maximum Gasteiger partial charge on any atom is 0.157 e. The molecule has 4 nitrogen and oxygen atoms in total. The van der Waals surface area contributed by atoms with Gasteiger partial charge >= 0.3 is 0 Å². The van der Waals surface area contributed by atoms with Crippen molar-refractivity contribution in [2.24, 2.45) is 0 Å². The molecule has 22 heavy (non-hydrogen) atoms. The summed E-state index contributed by atoms with van der Waals surface area (Å²) < 4.78 is 21.1. The molecule has 0 rings (SSSR count). The van der Waals surface area contributed by atoms with Gasteiger partial charge in [-0.25, -0.2) is 0 Å². The van der Waals surface area contributed by atoms with Crippen LogP contribution in [0.15, 0.2) is 12.2 Å². The molecule has 0 heterocycles. The Labute approximate surface area is 137 Å². The third kappa shape index (κ3) is 16.0. The van der Waals surface area contributed by atoms with E-state index >= 15 is 0 Å². The molecule has 0 amide bonds. The molecule has 0 aliphatic rings. The number of ether oxygens (including phenoxy) is 4. The summed E-state index contributed by atoms with van der Waals surface area (Å²) in [6, 6.07) is 0. The molecule has 0 spiro atoms. The van der Waals surface area contributed by atoms with Gasteiger partial charge in [-0.15, -0.1) is 0 Å². The average Bonchev–Trinajstić information content (AvgIpc) is 2.52. The Bertz CT molecular complexity index is 225. The standard InChI is InChI=1S/C18H36O4/c1-4-21-18(22-5-2)15-13-11-9-7-6-8-10-12-14-16-20-17-19-3/h10,12,18H,4-9,11,13-17H2,1-3H3/b12-10-. The van der Waals surface area contributed by atoms with E-state index in [0.717, 1.165) is 32.7 Å². The Hall–Kier alpha value is -0.420. The fourth-order valence-corrected chi connectivity index (χ4v) is 2.22. The van der Waals surface area contributed by atoms with Gasteiger partial charge in [0.1, 0.15) is 6.79 Å². The van der Waals surface area contributed by atoms with Crippen LogP contribution in [-0.2, 0) is 18.9 Å². The van der Waals surface area contributed by atoms with Crippen LogP contribution in [0.3, 0.4) is 0 Å². The van der Waals surface area contributed by atoms with Crippen LogP contribution in [-0.4, -0.2) is 40.0 Å². The van der Waals surface area contributed by atoms with E-state index in [1.54, 1.807) is 7.11 Å². The normalized spacial score (nSPS) is 11.8. The molecule has 0 aliphatic heterocycles. The van der Waals surface area contributed by atoms with Gasteiger partial charge in [0, 0.05) is 20.3 Å². The molecule has 132 valence electrons. The third-order valence-electron chi connectivity index (χ3n) is 3.31. The second-order valence-corrected chi connectivity index (χ2v) is 5.26. The molecular weight excluding hydrogens is 280 g/mol. The second-order valence-electron chi connectivity index (χ2n) is 5.26. The molecule has 0 saturated heterocycles. The lowest BCUT2D eigenvalue weighted by molar-refractivity contribution is -0.140. The van der Waals surface area contributed by atoms with Crippen molar-refractivity contribution in [2.75, 3.05) is 33.7 Å². The summed E-state index contributed by atoms with van der Waals surface area (Å²) in [4.78, 5) is 0. The van der Waals surface area contributed by atoms with Crippen molar-refractivity contribution in [1.29, 1.82) is 0 Å². The highest BCUT2D eigenvalue weighted by Crippen LogP contribution is 2.11. The highest BCUT2D eigenvalue weighted by atomic mass is 16.7. The van der Waals surface area contributed by atoms with Gasteiger partial charge in [-0.1, -0.05) is 31.4 Å². The van der Waals surface area contributed by atoms with Crippen molar-refractivity contribution < 1.29 is 18.9 Å². The van der Waals surface area contributed by atoms with Gasteiger partial charge in [0.05, 0.1) is 6.61 Å². The molecule has 0 aromatic heterocycles. The van der Waals surface area contributed by atoms with Crippen molar-refractivity contribution in [3.8, 4) is 0 Å². The maximum absolute atomic E-state index is 5.54. The average molecular weight is 316 g/mol. The van der Waals surface area contributed by atoms with Crippen LogP contribution >= 0.6 is 0 Å². The van der Waals surface area contributed by atoms with E-state index in [9.17, 15) is 0 Å². The summed E-state index contributed by atoms with van der Waals surface area (Å²) in [5, 5.41) is 0. The first-order chi connectivity index (χ1) is 10.8. The number of hydrogen-bond acceptors (Lipinski definition) is 4. The molecule has 0 atom stereocenters. The predicted molar refractivity (Wildman–Crippen MR) is 90.9 cm³/mol. The lowest BCUT2D eigenvalue weighted by Crippen LogP contribution is -2.17. The number of hydrogen-bond donors (Lipinski definition) is 0. The summed E-state index contributed by atoms with van der Waals surface area (Å²) in [5.74, 6) is 0. The highest BCUT2D eigenvalue weighted by Gasteiger charge is 2.06. The zero-order valence-corrected chi connectivity index (χ0v) is 14.9. The monoisotopic (exact) mass is 316 g/mol. The Morgan fingerprint density at radius 3 is 2.14 bits per heavy atom. The van der Waals surface area contributed by atoms with Crippen molar-refractivity contribution in [1.82, 2.24) is 0 Å². The minimum atomic E-state index is -0.00161. The zero-order chi connectivity index (χ0) is 16.3. The largest absolute Gasteiger partial charge is 0.359 e. The first-order valence-electron chi connectivity index (χ1n) is 8.80. The summed E-state index contributed by atoms with van der Waals surface area (Å²) in [5.41, 5.74) is 0. The van der Waals surface area contributed by atoms with Gasteiger partial charge in [-0.05, 0) is 46.0 Å². The van der Waals surface area contributed by atoms with Gasteiger partial charge in [0.15, 0.2) is 6.29 Å². The highest BCUT2D eigenvalue weighted by molar-refractivity contribution is 4.81. The van der Waals surface area contributed by atoms with Crippen molar-refractivity contribution >= 4 is 0 Å².